The lowest BCUT2D eigenvalue weighted by Gasteiger charge is -2.09. The predicted octanol–water partition coefficient (Wildman–Crippen LogP) is 3.64. The van der Waals surface area contributed by atoms with Crippen molar-refractivity contribution in [2.75, 3.05) is 0 Å². The number of hydrogen-bond acceptors (Lipinski definition) is 3. The minimum atomic E-state index is -0.657. The first kappa shape index (κ1) is 11.1. The normalized spacial score (nSPS) is 12.7. The number of hydrogen-bond donors (Lipinski definition) is 1. The van der Waals surface area contributed by atoms with Crippen molar-refractivity contribution in [3.8, 4) is 0 Å². The Balaban J connectivity index is 2.32. The van der Waals surface area contributed by atoms with E-state index < -0.39 is 6.10 Å². The van der Waals surface area contributed by atoms with Crippen molar-refractivity contribution in [1.82, 2.24) is 4.98 Å². The molecule has 2 aromatic rings. The standard InChI is InChI=1S/C10H7BrClNOS/c11-8-5-15-4-7(8)10(14)6-1-2-9(12)13-3-6/h1-5,10,14H. The van der Waals surface area contributed by atoms with Gasteiger partial charge in [0, 0.05) is 27.2 Å². The zero-order valence-electron chi connectivity index (χ0n) is 7.52. The molecule has 0 aliphatic rings. The molecule has 1 unspecified atom stereocenters. The zero-order chi connectivity index (χ0) is 10.8. The Kier molecular flexibility index (Phi) is 3.41. The van der Waals surface area contributed by atoms with E-state index in [0.717, 1.165) is 15.6 Å². The van der Waals surface area contributed by atoms with Gasteiger partial charge in [-0.2, -0.15) is 11.3 Å². The molecule has 0 fully saturated rings. The Morgan fingerprint density at radius 2 is 2.20 bits per heavy atom. The van der Waals surface area contributed by atoms with Crippen LogP contribution in [-0.2, 0) is 0 Å². The number of thiophene rings is 1. The highest BCUT2D eigenvalue weighted by atomic mass is 79.9. The summed E-state index contributed by atoms with van der Waals surface area (Å²) in [6.07, 6.45) is 0.923. The maximum atomic E-state index is 10.0. The van der Waals surface area contributed by atoms with E-state index in [1.807, 2.05) is 10.8 Å². The van der Waals surface area contributed by atoms with Gasteiger partial charge in [-0.15, -0.1) is 0 Å². The summed E-state index contributed by atoms with van der Waals surface area (Å²) in [4.78, 5) is 3.93. The highest BCUT2D eigenvalue weighted by Crippen LogP contribution is 2.31. The maximum Gasteiger partial charge on any atom is 0.129 e. The molecule has 0 aliphatic carbocycles. The third kappa shape index (κ3) is 2.39. The molecule has 5 heteroatoms. The summed E-state index contributed by atoms with van der Waals surface area (Å²) in [5, 5.41) is 14.3. The van der Waals surface area contributed by atoms with Gasteiger partial charge in [0.15, 0.2) is 0 Å². The quantitative estimate of drug-likeness (QED) is 0.859. The number of rotatable bonds is 2. The van der Waals surface area contributed by atoms with E-state index in [-0.39, 0.29) is 0 Å². The Morgan fingerprint density at radius 3 is 2.73 bits per heavy atom. The van der Waals surface area contributed by atoms with Gasteiger partial charge in [0.05, 0.1) is 0 Å². The molecule has 1 atom stereocenters. The summed E-state index contributed by atoms with van der Waals surface area (Å²) in [5.74, 6) is 0. The van der Waals surface area contributed by atoms with Crippen LogP contribution in [0.15, 0.2) is 33.6 Å². The fourth-order valence-corrected chi connectivity index (χ4v) is 2.86. The zero-order valence-corrected chi connectivity index (χ0v) is 10.7. The lowest BCUT2D eigenvalue weighted by molar-refractivity contribution is 0.219. The van der Waals surface area contributed by atoms with Gasteiger partial charge in [-0.05, 0) is 27.4 Å². The van der Waals surface area contributed by atoms with Gasteiger partial charge in [0.2, 0.25) is 0 Å². The van der Waals surface area contributed by atoms with Gasteiger partial charge in [-0.25, -0.2) is 4.98 Å². The van der Waals surface area contributed by atoms with Gasteiger partial charge in [0.1, 0.15) is 11.3 Å². The van der Waals surface area contributed by atoms with Crippen LogP contribution in [0.1, 0.15) is 17.2 Å². The van der Waals surface area contributed by atoms with E-state index >= 15 is 0 Å². The molecule has 0 radical (unpaired) electrons. The van der Waals surface area contributed by atoms with Crippen molar-refractivity contribution in [2.45, 2.75) is 6.10 Å². The molecule has 78 valence electrons. The first-order valence-corrected chi connectivity index (χ1v) is 6.31. The van der Waals surface area contributed by atoms with Gasteiger partial charge in [-0.1, -0.05) is 17.7 Å². The van der Waals surface area contributed by atoms with Crippen molar-refractivity contribution in [1.29, 1.82) is 0 Å². The molecule has 2 aromatic heterocycles. The predicted molar refractivity (Wildman–Crippen MR) is 65.3 cm³/mol. The van der Waals surface area contributed by atoms with E-state index in [9.17, 15) is 5.11 Å². The highest BCUT2D eigenvalue weighted by molar-refractivity contribution is 9.10. The topological polar surface area (TPSA) is 33.1 Å². The number of pyridine rings is 1. The third-order valence-corrected chi connectivity index (χ3v) is 3.98. The Morgan fingerprint density at radius 1 is 1.40 bits per heavy atom. The molecule has 2 rings (SSSR count). The van der Waals surface area contributed by atoms with Crippen molar-refractivity contribution >= 4 is 38.9 Å². The molecule has 0 spiro atoms. The van der Waals surface area contributed by atoms with Crippen LogP contribution in [-0.4, -0.2) is 10.1 Å². The minimum absolute atomic E-state index is 0.426. The Bertz CT molecular complexity index is 457. The van der Waals surface area contributed by atoms with Crippen LogP contribution in [0.5, 0.6) is 0 Å². The van der Waals surface area contributed by atoms with Gasteiger partial charge in [-0.3, -0.25) is 0 Å². The molecule has 2 heterocycles. The van der Waals surface area contributed by atoms with Crippen LogP contribution in [0, 0.1) is 0 Å². The van der Waals surface area contributed by atoms with Gasteiger partial charge >= 0.3 is 0 Å². The molecular formula is C10H7BrClNOS. The second-order valence-corrected chi connectivity index (χ2v) is 4.98. The second kappa shape index (κ2) is 4.61. The smallest absolute Gasteiger partial charge is 0.129 e. The fraction of sp³-hybridized carbons (Fsp3) is 0.100. The monoisotopic (exact) mass is 303 g/mol. The number of nitrogens with zero attached hydrogens (tertiary/aromatic N) is 1. The van der Waals surface area contributed by atoms with E-state index in [2.05, 4.69) is 20.9 Å². The molecule has 15 heavy (non-hydrogen) atoms. The molecule has 1 N–H and O–H groups in total. The van der Waals surface area contributed by atoms with Crippen LogP contribution < -0.4 is 0 Å². The van der Waals surface area contributed by atoms with Crippen molar-refractivity contribution < 1.29 is 5.11 Å². The number of aliphatic hydroxyl groups is 1. The summed E-state index contributed by atoms with van der Waals surface area (Å²) in [7, 11) is 0. The van der Waals surface area contributed by atoms with Crippen LogP contribution in [0.3, 0.4) is 0 Å². The summed E-state index contributed by atoms with van der Waals surface area (Å²) < 4.78 is 0.912. The number of aliphatic hydroxyl groups excluding tert-OH is 1. The fourth-order valence-electron chi connectivity index (χ4n) is 1.22. The van der Waals surface area contributed by atoms with E-state index in [0.29, 0.717) is 5.15 Å². The molecule has 0 aromatic carbocycles. The summed E-state index contributed by atoms with van der Waals surface area (Å²) in [6, 6.07) is 3.44. The van der Waals surface area contributed by atoms with Crippen molar-refractivity contribution in [3.05, 3.63) is 49.8 Å². The molecule has 0 amide bonds. The molecular weight excluding hydrogens is 298 g/mol. The van der Waals surface area contributed by atoms with Gasteiger partial charge < -0.3 is 5.11 Å². The second-order valence-electron chi connectivity index (χ2n) is 2.99. The van der Waals surface area contributed by atoms with Crippen LogP contribution in [0.4, 0.5) is 0 Å². The highest BCUT2D eigenvalue weighted by Gasteiger charge is 2.14. The molecule has 0 aliphatic heterocycles. The van der Waals surface area contributed by atoms with Crippen molar-refractivity contribution in [3.63, 3.8) is 0 Å². The number of halogens is 2. The molecule has 0 bridgehead atoms. The van der Waals surface area contributed by atoms with Gasteiger partial charge in [0.25, 0.3) is 0 Å². The summed E-state index contributed by atoms with van der Waals surface area (Å²) in [5.41, 5.74) is 1.59. The van der Waals surface area contributed by atoms with E-state index in [1.165, 1.54) is 11.3 Å². The average Bonchev–Trinajstić information content (AvgIpc) is 2.65. The summed E-state index contributed by atoms with van der Waals surface area (Å²) in [6.45, 7) is 0. The third-order valence-electron chi connectivity index (χ3n) is 2.00. The summed E-state index contributed by atoms with van der Waals surface area (Å²) >= 11 is 10.6. The first-order valence-electron chi connectivity index (χ1n) is 4.19. The molecule has 2 nitrogen and oxygen atoms in total. The van der Waals surface area contributed by atoms with E-state index in [1.54, 1.807) is 18.3 Å². The minimum Gasteiger partial charge on any atom is -0.384 e. The number of aromatic nitrogens is 1. The average molecular weight is 305 g/mol. The lowest BCUT2D eigenvalue weighted by atomic mass is 10.1. The maximum absolute atomic E-state index is 10.0. The van der Waals surface area contributed by atoms with Crippen molar-refractivity contribution in [2.24, 2.45) is 0 Å². The van der Waals surface area contributed by atoms with Crippen LogP contribution in [0.25, 0.3) is 0 Å². The van der Waals surface area contributed by atoms with E-state index in [4.69, 9.17) is 11.6 Å². The largest absolute Gasteiger partial charge is 0.384 e. The van der Waals surface area contributed by atoms with Crippen LogP contribution >= 0.6 is 38.9 Å². The molecule has 0 saturated carbocycles. The Labute approximate surface area is 105 Å². The lowest BCUT2D eigenvalue weighted by Crippen LogP contribution is -1.99. The first-order chi connectivity index (χ1) is 7.18. The molecule has 0 saturated heterocycles. The van der Waals surface area contributed by atoms with Crippen LogP contribution in [0.2, 0.25) is 5.15 Å². The SMILES string of the molecule is OC(c1ccc(Cl)nc1)c1cscc1Br. The Hall–Kier alpha value is -0.420.